The predicted molar refractivity (Wildman–Crippen MR) is 101 cm³/mol. The Hall–Kier alpha value is -2.46. The van der Waals surface area contributed by atoms with Gasteiger partial charge < -0.3 is 4.74 Å². The van der Waals surface area contributed by atoms with Crippen molar-refractivity contribution in [1.82, 2.24) is 4.90 Å². The van der Waals surface area contributed by atoms with Crippen LogP contribution in [0, 0.1) is 0 Å². The summed E-state index contributed by atoms with van der Waals surface area (Å²) in [6.07, 6.45) is 3.75. The Morgan fingerprint density at radius 1 is 0.923 bits per heavy atom. The van der Waals surface area contributed by atoms with Gasteiger partial charge in [-0.05, 0) is 50.6 Å². The second-order valence-electron chi connectivity index (χ2n) is 6.62. The van der Waals surface area contributed by atoms with Crippen molar-refractivity contribution in [3.8, 4) is 0 Å². The molecule has 136 valence electrons. The molecule has 0 N–H and O–H groups in total. The largest absolute Gasteiger partial charge is 0.462 e. The zero-order valence-electron chi connectivity index (χ0n) is 15.2. The summed E-state index contributed by atoms with van der Waals surface area (Å²) < 4.78 is 4.99. The molecule has 4 nitrogen and oxygen atoms in total. The van der Waals surface area contributed by atoms with Crippen molar-refractivity contribution < 1.29 is 14.3 Å². The molecular weight excluding hydrogens is 326 g/mol. The summed E-state index contributed by atoms with van der Waals surface area (Å²) in [5.74, 6) is -0.370. The number of esters is 1. The maximum absolute atomic E-state index is 13.0. The standard InChI is InChI=1S/C22H25NO3/c1-2-26-22(25)18-12-10-17(11-13-18)21(24)20-9-5-4-8-19(20)16-23-14-6-3-7-15-23/h4-5,8-13H,2-3,6-7,14-16H2,1H3. The summed E-state index contributed by atoms with van der Waals surface area (Å²) in [6, 6.07) is 14.5. The third-order valence-electron chi connectivity index (χ3n) is 4.76. The highest BCUT2D eigenvalue weighted by Gasteiger charge is 2.17. The monoisotopic (exact) mass is 351 g/mol. The van der Waals surface area contributed by atoms with Crippen LogP contribution in [0.5, 0.6) is 0 Å². The quantitative estimate of drug-likeness (QED) is 0.581. The van der Waals surface area contributed by atoms with E-state index in [1.165, 1.54) is 19.3 Å². The van der Waals surface area contributed by atoms with E-state index in [9.17, 15) is 9.59 Å². The Labute approximate surface area is 154 Å². The highest BCUT2D eigenvalue weighted by atomic mass is 16.5. The third kappa shape index (κ3) is 4.38. The molecule has 2 aromatic rings. The lowest BCUT2D eigenvalue weighted by atomic mass is 9.97. The number of carbonyl (C=O) groups is 2. The molecule has 1 aliphatic heterocycles. The topological polar surface area (TPSA) is 46.6 Å². The van der Waals surface area contributed by atoms with Gasteiger partial charge in [0.25, 0.3) is 0 Å². The Balaban J connectivity index is 1.78. The Morgan fingerprint density at radius 2 is 1.58 bits per heavy atom. The number of nitrogens with zero attached hydrogens (tertiary/aromatic N) is 1. The average molecular weight is 351 g/mol. The summed E-state index contributed by atoms with van der Waals surface area (Å²) in [4.78, 5) is 27.2. The Bertz CT molecular complexity index is 761. The van der Waals surface area contributed by atoms with E-state index in [1.807, 2.05) is 24.3 Å². The van der Waals surface area contributed by atoms with Gasteiger partial charge >= 0.3 is 5.97 Å². The number of hydrogen-bond donors (Lipinski definition) is 0. The molecule has 1 aliphatic rings. The highest BCUT2D eigenvalue weighted by Crippen LogP contribution is 2.19. The van der Waals surface area contributed by atoms with Crippen molar-refractivity contribution in [2.45, 2.75) is 32.7 Å². The summed E-state index contributed by atoms with van der Waals surface area (Å²) in [5, 5.41) is 0. The summed E-state index contributed by atoms with van der Waals surface area (Å²) in [6.45, 7) is 5.11. The molecule has 2 aromatic carbocycles. The van der Waals surface area contributed by atoms with Crippen molar-refractivity contribution in [1.29, 1.82) is 0 Å². The molecule has 0 aromatic heterocycles. The SMILES string of the molecule is CCOC(=O)c1ccc(C(=O)c2ccccc2CN2CCCCC2)cc1. The molecule has 0 spiro atoms. The number of hydrogen-bond acceptors (Lipinski definition) is 4. The number of benzene rings is 2. The van der Waals surface area contributed by atoms with Crippen molar-refractivity contribution in [3.63, 3.8) is 0 Å². The molecule has 1 heterocycles. The first-order valence-electron chi connectivity index (χ1n) is 9.31. The molecule has 1 saturated heterocycles. The second kappa shape index (κ2) is 8.77. The minimum Gasteiger partial charge on any atom is -0.462 e. The number of ketones is 1. The van der Waals surface area contributed by atoms with E-state index in [4.69, 9.17) is 4.74 Å². The second-order valence-corrected chi connectivity index (χ2v) is 6.62. The minimum atomic E-state index is -0.364. The molecule has 0 radical (unpaired) electrons. The van der Waals surface area contributed by atoms with Crippen LogP contribution in [-0.2, 0) is 11.3 Å². The highest BCUT2D eigenvalue weighted by molar-refractivity contribution is 6.10. The van der Waals surface area contributed by atoms with E-state index in [2.05, 4.69) is 4.90 Å². The van der Waals surface area contributed by atoms with Gasteiger partial charge in [-0.3, -0.25) is 9.69 Å². The molecule has 0 atom stereocenters. The van der Waals surface area contributed by atoms with Crippen LogP contribution < -0.4 is 0 Å². The Morgan fingerprint density at radius 3 is 2.27 bits per heavy atom. The zero-order valence-corrected chi connectivity index (χ0v) is 15.2. The van der Waals surface area contributed by atoms with Crippen molar-refractivity contribution in [3.05, 3.63) is 70.8 Å². The van der Waals surface area contributed by atoms with Crippen LogP contribution in [0.2, 0.25) is 0 Å². The number of carbonyl (C=O) groups excluding carboxylic acids is 2. The first kappa shape index (κ1) is 18.3. The van der Waals surface area contributed by atoms with Gasteiger partial charge in [-0.2, -0.15) is 0 Å². The van der Waals surface area contributed by atoms with Gasteiger partial charge in [0.1, 0.15) is 0 Å². The van der Waals surface area contributed by atoms with Gasteiger partial charge in [-0.15, -0.1) is 0 Å². The normalized spacial score (nSPS) is 14.8. The fourth-order valence-corrected chi connectivity index (χ4v) is 3.37. The molecule has 0 bridgehead atoms. The number of ether oxygens (including phenoxy) is 1. The number of rotatable bonds is 6. The van der Waals surface area contributed by atoms with Gasteiger partial charge in [0.15, 0.2) is 5.78 Å². The molecule has 26 heavy (non-hydrogen) atoms. The van der Waals surface area contributed by atoms with E-state index in [-0.39, 0.29) is 11.8 Å². The first-order valence-corrected chi connectivity index (χ1v) is 9.31. The van der Waals surface area contributed by atoms with Gasteiger partial charge in [-0.25, -0.2) is 4.79 Å². The lowest BCUT2D eigenvalue weighted by Gasteiger charge is -2.27. The molecule has 4 heteroatoms. The molecule has 1 fully saturated rings. The van der Waals surface area contributed by atoms with Crippen molar-refractivity contribution in [2.75, 3.05) is 19.7 Å². The van der Waals surface area contributed by atoms with Crippen LogP contribution in [-0.4, -0.2) is 36.3 Å². The van der Waals surface area contributed by atoms with Crippen LogP contribution in [0.1, 0.15) is 58.0 Å². The van der Waals surface area contributed by atoms with Crippen molar-refractivity contribution in [2.24, 2.45) is 0 Å². The summed E-state index contributed by atoms with van der Waals surface area (Å²) in [7, 11) is 0. The van der Waals surface area contributed by atoms with E-state index in [0.717, 1.165) is 30.8 Å². The molecule has 0 amide bonds. The lowest BCUT2D eigenvalue weighted by Crippen LogP contribution is -2.29. The maximum Gasteiger partial charge on any atom is 0.338 e. The van der Waals surface area contributed by atoms with Gasteiger partial charge in [-0.1, -0.05) is 42.8 Å². The molecule has 0 unspecified atom stereocenters. The lowest BCUT2D eigenvalue weighted by molar-refractivity contribution is 0.0526. The minimum absolute atomic E-state index is 0.00646. The number of piperidine rings is 1. The van der Waals surface area contributed by atoms with E-state index in [1.54, 1.807) is 31.2 Å². The maximum atomic E-state index is 13.0. The zero-order chi connectivity index (χ0) is 18.4. The van der Waals surface area contributed by atoms with Gasteiger partial charge in [0, 0.05) is 17.7 Å². The summed E-state index contributed by atoms with van der Waals surface area (Å²) in [5.41, 5.74) is 2.85. The van der Waals surface area contributed by atoms with Crippen LogP contribution in [0.4, 0.5) is 0 Å². The third-order valence-corrected chi connectivity index (χ3v) is 4.76. The van der Waals surface area contributed by atoms with Crippen LogP contribution >= 0.6 is 0 Å². The fourth-order valence-electron chi connectivity index (χ4n) is 3.37. The predicted octanol–water partition coefficient (Wildman–Crippen LogP) is 4.08. The smallest absolute Gasteiger partial charge is 0.338 e. The first-order chi connectivity index (χ1) is 12.7. The molecular formula is C22H25NO3. The van der Waals surface area contributed by atoms with E-state index in [0.29, 0.717) is 17.7 Å². The van der Waals surface area contributed by atoms with Crippen LogP contribution in [0.25, 0.3) is 0 Å². The molecule has 3 rings (SSSR count). The van der Waals surface area contributed by atoms with Gasteiger partial charge in [0.05, 0.1) is 12.2 Å². The fraction of sp³-hybridized carbons (Fsp3) is 0.364. The number of likely N-dealkylation sites (tertiary alicyclic amines) is 1. The van der Waals surface area contributed by atoms with Gasteiger partial charge in [0.2, 0.25) is 0 Å². The van der Waals surface area contributed by atoms with Crippen molar-refractivity contribution >= 4 is 11.8 Å². The summed E-state index contributed by atoms with van der Waals surface area (Å²) >= 11 is 0. The molecule has 0 saturated carbocycles. The molecule has 0 aliphatic carbocycles. The van der Waals surface area contributed by atoms with E-state index < -0.39 is 0 Å². The van der Waals surface area contributed by atoms with Crippen LogP contribution in [0.15, 0.2) is 48.5 Å². The van der Waals surface area contributed by atoms with E-state index >= 15 is 0 Å². The van der Waals surface area contributed by atoms with Crippen LogP contribution in [0.3, 0.4) is 0 Å². The Kier molecular flexibility index (Phi) is 6.18. The average Bonchev–Trinajstić information content (AvgIpc) is 2.69.